The van der Waals surface area contributed by atoms with Gasteiger partial charge in [0.15, 0.2) is 0 Å². The zero-order chi connectivity index (χ0) is 32.1. The summed E-state index contributed by atoms with van der Waals surface area (Å²) in [6.45, 7) is 11.6. The quantitative estimate of drug-likeness (QED) is 0.160. The SMILES string of the molecule is CCCCC1CN(Cc2cc(C(CC(=O)OCC)c3ccc4c(nnn4CCC)c3C)ccc2C)S(=O)(=O)c2ccccc2O1. The Labute approximate surface area is 266 Å². The molecule has 0 aliphatic carbocycles. The number of hydrogen-bond donors (Lipinski definition) is 0. The van der Waals surface area contributed by atoms with Crippen LogP contribution in [-0.4, -0.2) is 52.9 Å². The molecule has 0 fully saturated rings. The van der Waals surface area contributed by atoms with Crippen LogP contribution in [0.1, 0.15) is 86.6 Å². The number of rotatable bonds is 12. The lowest BCUT2D eigenvalue weighted by Gasteiger charge is -2.25. The van der Waals surface area contributed by atoms with Crippen LogP contribution in [0, 0.1) is 13.8 Å². The van der Waals surface area contributed by atoms with E-state index in [2.05, 4.69) is 30.2 Å². The number of aryl methyl sites for hydroxylation is 3. The largest absolute Gasteiger partial charge is 0.488 e. The molecular formula is C35H44N4O5S. The van der Waals surface area contributed by atoms with Gasteiger partial charge in [-0.2, -0.15) is 4.31 Å². The van der Waals surface area contributed by atoms with Crippen molar-refractivity contribution in [2.45, 2.75) is 96.7 Å². The Morgan fingerprint density at radius 3 is 2.62 bits per heavy atom. The van der Waals surface area contributed by atoms with E-state index in [4.69, 9.17) is 9.47 Å². The highest BCUT2D eigenvalue weighted by Gasteiger charge is 2.35. The van der Waals surface area contributed by atoms with E-state index < -0.39 is 10.0 Å². The van der Waals surface area contributed by atoms with Crippen molar-refractivity contribution in [3.8, 4) is 5.75 Å². The number of fused-ring (bicyclic) bond motifs is 2. The number of para-hydroxylation sites is 1. The van der Waals surface area contributed by atoms with E-state index in [-0.39, 0.29) is 42.4 Å². The number of carbonyl (C=O) groups is 1. The molecule has 3 aromatic carbocycles. The molecule has 0 bridgehead atoms. The monoisotopic (exact) mass is 632 g/mol. The number of carbonyl (C=O) groups excluding carboxylic acids is 1. The predicted octanol–water partition coefficient (Wildman–Crippen LogP) is 6.69. The van der Waals surface area contributed by atoms with Crippen molar-refractivity contribution in [1.29, 1.82) is 0 Å². The summed E-state index contributed by atoms with van der Waals surface area (Å²) in [5.41, 5.74) is 6.48. The first-order chi connectivity index (χ1) is 21.7. The second-order valence-electron chi connectivity index (χ2n) is 11.8. The Morgan fingerprint density at radius 1 is 1.07 bits per heavy atom. The lowest BCUT2D eigenvalue weighted by atomic mass is 9.84. The summed E-state index contributed by atoms with van der Waals surface area (Å²) in [5, 5.41) is 8.85. The van der Waals surface area contributed by atoms with Gasteiger partial charge >= 0.3 is 5.97 Å². The summed E-state index contributed by atoms with van der Waals surface area (Å²) < 4.78 is 43.1. The van der Waals surface area contributed by atoms with Gasteiger partial charge in [0.1, 0.15) is 22.3 Å². The highest BCUT2D eigenvalue weighted by molar-refractivity contribution is 7.89. The summed E-state index contributed by atoms with van der Waals surface area (Å²) >= 11 is 0. The van der Waals surface area contributed by atoms with Crippen LogP contribution in [0.5, 0.6) is 5.75 Å². The van der Waals surface area contributed by atoms with Crippen molar-refractivity contribution >= 4 is 27.0 Å². The van der Waals surface area contributed by atoms with Gasteiger partial charge in [-0.05, 0) is 86.1 Å². The summed E-state index contributed by atoms with van der Waals surface area (Å²) in [4.78, 5) is 13.1. The molecule has 0 radical (unpaired) electrons. The van der Waals surface area contributed by atoms with E-state index in [0.29, 0.717) is 12.4 Å². The van der Waals surface area contributed by atoms with Gasteiger partial charge in [-0.1, -0.05) is 61.9 Å². The molecule has 45 heavy (non-hydrogen) atoms. The van der Waals surface area contributed by atoms with Crippen LogP contribution in [0.15, 0.2) is 59.5 Å². The molecule has 9 nitrogen and oxygen atoms in total. The average Bonchev–Trinajstić information content (AvgIpc) is 3.39. The van der Waals surface area contributed by atoms with Crippen molar-refractivity contribution < 1.29 is 22.7 Å². The lowest BCUT2D eigenvalue weighted by molar-refractivity contribution is -0.143. The molecule has 0 saturated carbocycles. The number of aromatic nitrogens is 3. The third kappa shape index (κ3) is 6.92. The molecular weight excluding hydrogens is 588 g/mol. The predicted molar refractivity (Wildman–Crippen MR) is 175 cm³/mol. The van der Waals surface area contributed by atoms with Crippen LogP contribution in [0.25, 0.3) is 11.0 Å². The first kappa shape index (κ1) is 32.6. The number of benzene rings is 3. The molecule has 0 N–H and O–H groups in total. The fraction of sp³-hybridized carbons (Fsp3) is 0.457. The number of esters is 1. The van der Waals surface area contributed by atoms with Crippen molar-refractivity contribution in [2.24, 2.45) is 0 Å². The molecule has 240 valence electrons. The highest BCUT2D eigenvalue weighted by atomic mass is 32.2. The summed E-state index contributed by atoms with van der Waals surface area (Å²) in [7, 11) is -3.82. The zero-order valence-corrected chi connectivity index (χ0v) is 27.8. The van der Waals surface area contributed by atoms with E-state index in [9.17, 15) is 13.2 Å². The molecule has 2 heterocycles. The topological polar surface area (TPSA) is 104 Å². The highest BCUT2D eigenvalue weighted by Crippen LogP contribution is 2.36. The van der Waals surface area contributed by atoms with Gasteiger partial charge in [-0.25, -0.2) is 13.1 Å². The smallest absolute Gasteiger partial charge is 0.306 e. The molecule has 2 unspecified atom stereocenters. The third-order valence-corrected chi connectivity index (χ3v) is 10.5. The minimum absolute atomic E-state index is 0.147. The van der Waals surface area contributed by atoms with Gasteiger partial charge in [0.25, 0.3) is 0 Å². The maximum absolute atomic E-state index is 14.0. The van der Waals surface area contributed by atoms with E-state index in [1.807, 2.05) is 48.9 Å². The molecule has 0 saturated heterocycles. The molecule has 1 aliphatic rings. The average molecular weight is 633 g/mol. The van der Waals surface area contributed by atoms with Crippen LogP contribution < -0.4 is 4.74 Å². The van der Waals surface area contributed by atoms with Crippen molar-refractivity contribution in [1.82, 2.24) is 19.3 Å². The van der Waals surface area contributed by atoms with Gasteiger partial charge in [-0.15, -0.1) is 5.10 Å². The van der Waals surface area contributed by atoms with Gasteiger partial charge in [0, 0.05) is 19.0 Å². The maximum atomic E-state index is 14.0. The van der Waals surface area contributed by atoms with Gasteiger partial charge in [0.2, 0.25) is 10.0 Å². The minimum atomic E-state index is -3.82. The van der Waals surface area contributed by atoms with Gasteiger partial charge < -0.3 is 9.47 Å². The summed E-state index contributed by atoms with van der Waals surface area (Å²) in [6, 6.07) is 17.1. The Bertz CT molecular complexity index is 1770. The van der Waals surface area contributed by atoms with Crippen LogP contribution in [0.3, 0.4) is 0 Å². The number of unbranched alkanes of at least 4 members (excludes halogenated alkanes) is 1. The number of ether oxygens (including phenoxy) is 2. The molecule has 5 rings (SSSR count). The summed E-state index contributed by atoms with van der Waals surface area (Å²) in [5.74, 6) is -0.199. The molecule has 4 aromatic rings. The van der Waals surface area contributed by atoms with Crippen molar-refractivity contribution in [2.75, 3.05) is 13.2 Å². The fourth-order valence-electron chi connectivity index (χ4n) is 6.17. The maximum Gasteiger partial charge on any atom is 0.306 e. The van der Waals surface area contributed by atoms with E-state index in [1.54, 1.807) is 29.4 Å². The number of nitrogens with zero attached hydrogens (tertiary/aromatic N) is 4. The number of sulfonamides is 1. The van der Waals surface area contributed by atoms with Crippen LogP contribution in [0.4, 0.5) is 0 Å². The second kappa shape index (κ2) is 14.1. The van der Waals surface area contributed by atoms with Crippen molar-refractivity contribution in [3.63, 3.8) is 0 Å². The third-order valence-electron chi connectivity index (χ3n) is 8.64. The Balaban J connectivity index is 1.55. The van der Waals surface area contributed by atoms with Crippen LogP contribution in [0.2, 0.25) is 0 Å². The Hall–Kier alpha value is -3.76. The van der Waals surface area contributed by atoms with E-state index in [1.165, 1.54) is 0 Å². The minimum Gasteiger partial charge on any atom is -0.488 e. The molecule has 2 atom stereocenters. The molecule has 0 amide bonds. The first-order valence-electron chi connectivity index (χ1n) is 16.0. The van der Waals surface area contributed by atoms with Gasteiger partial charge in [0.05, 0.1) is 25.1 Å². The molecule has 10 heteroatoms. The Morgan fingerprint density at radius 2 is 1.87 bits per heavy atom. The standard InChI is InChI=1S/C35H44N4O5S/c1-6-9-12-28-23-38(45(41,42)33-14-11-10-13-32(33)44-28)22-27-20-26(16-15-24(27)4)30(21-34(40)43-8-3)29-17-18-31-35(25(29)5)36-37-39(31)19-7-2/h10-11,13-18,20,28,30H,6-9,12,19,21-23H2,1-5H3. The zero-order valence-electron chi connectivity index (χ0n) is 27.0. The van der Waals surface area contributed by atoms with Crippen LogP contribution >= 0.6 is 0 Å². The van der Waals surface area contributed by atoms with E-state index in [0.717, 1.165) is 71.1 Å². The normalized spacial score (nSPS) is 17.0. The molecule has 0 spiro atoms. The first-order valence-corrected chi connectivity index (χ1v) is 17.4. The lowest BCUT2D eigenvalue weighted by Crippen LogP contribution is -2.37. The fourth-order valence-corrected chi connectivity index (χ4v) is 7.74. The summed E-state index contributed by atoms with van der Waals surface area (Å²) in [6.07, 6.45) is 3.55. The van der Waals surface area contributed by atoms with E-state index >= 15 is 0 Å². The van der Waals surface area contributed by atoms with Crippen molar-refractivity contribution in [3.05, 3.63) is 82.4 Å². The molecule has 1 aromatic heterocycles. The van der Waals surface area contributed by atoms with Gasteiger partial charge in [-0.3, -0.25) is 4.79 Å². The molecule has 1 aliphatic heterocycles. The Kier molecular flexibility index (Phi) is 10.2. The second-order valence-corrected chi connectivity index (χ2v) is 13.7. The van der Waals surface area contributed by atoms with Crippen LogP contribution in [-0.2, 0) is 32.6 Å². The number of hydrogen-bond acceptors (Lipinski definition) is 7.